The van der Waals surface area contributed by atoms with E-state index in [0.29, 0.717) is 24.5 Å². The topological polar surface area (TPSA) is 67.9 Å². The first kappa shape index (κ1) is 17.8. The molecule has 0 bridgehead atoms. The van der Waals surface area contributed by atoms with Crippen molar-refractivity contribution < 1.29 is 19.1 Å². The molecule has 26 heavy (non-hydrogen) atoms. The third-order valence-corrected chi connectivity index (χ3v) is 4.30. The third kappa shape index (κ3) is 3.79. The lowest BCUT2D eigenvalue weighted by Gasteiger charge is -2.32. The normalized spacial score (nSPS) is 15.8. The third-order valence-electron chi connectivity index (χ3n) is 4.30. The number of carbonyl (C=O) groups excluding carboxylic acids is 2. The second-order valence-electron chi connectivity index (χ2n) is 6.06. The Balaban J connectivity index is 1.60. The van der Waals surface area contributed by atoms with Gasteiger partial charge in [-0.2, -0.15) is 0 Å². The number of benzene rings is 2. The van der Waals surface area contributed by atoms with Crippen LogP contribution in [0.3, 0.4) is 0 Å². The molecule has 1 N–H and O–H groups in total. The van der Waals surface area contributed by atoms with Crippen molar-refractivity contribution in [1.82, 2.24) is 5.32 Å². The van der Waals surface area contributed by atoms with Crippen molar-refractivity contribution in [2.24, 2.45) is 0 Å². The average molecular weight is 354 g/mol. The van der Waals surface area contributed by atoms with Crippen molar-refractivity contribution >= 4 is 17.5 Å². The van der Waals surface area contributed by atoms with Gasteiger partial charge in [0.1, 0.15) is 11.5 Å². The van der Waals surface area contributed by atoms with Crippen LogP contribution >= 0.6 is 0 Å². The van der Waals surface area contributed by atoms with Crippen LogP contribution in [-0.4, -0.2) is 31.6 Å². The van der Waals surface area contributed by atoms with E-state index < -0.39 is 6.10 Å². The van der Waals surface area contributed by atoms with Crippen molar-refractivity contribution in [1.29, 1.82) is 0 Å². The Morgan fingerprint density at radius 3 is 2.73 bits per heavy atom. The molecule has 0 spiro atoms. The second kappa shape index (κ2) is 7.91. The molecule has 136 valence electrons. The fourth-order valence-corrected chi connectivity index (χ4v) is 2.93. The van der Waals surface area contributed by atoms with E-state index in [9.17, 15) is 9.59 Å². The molecule has 0 aliphatic carbocycles. The Kier molecular flexibility index (Phi) is 5.41. The van der Waals surface area contributed by atoms with Crippen LogP contribution in [0.1, 0.15) is 18.9 Å². The van der Waals surface area contributed by atoms with Gasteiger partial charge < -0.3 is 19.7 Å². The number of ether oxygens (including phenoxy) is 2. The monoisotopic (exact) mass is 354 g/mol. The summed E-state index contributed by atoms with van der Waals surface area (Å²) in [6, 6.07) is 14.9. The van der Waals surface area contributed by atoms with Crippen LogP contribution < -0.4 is 19.7 Å². The molecule has 1 atom stereocenters. The first-order valence-electron chi connectivity index (χ1n) is 8.56. The zero-order chi connectivity index (χ0) is 18.5. The van der Waals surface area contributed by atoms with Crippen molar-refractivity contribution in [2.45, 2.75) is 26.0 Å². The molecule has 6 heteroatoms. The van der Waals surface area contributed by atoms with Gasteiger partial charge in [0.2, 0.25) is 5.91 Å². The van der Waals surface area contributed by atoms with Gasteiger partial charge in [0, 0.05) is 25.1 Å². The van der Waals surface area contributed by atoms with Crippen LogP contribution in [0.2, 0.25) is 0 Å². The van der Waals surface area contributed by atoms with E-state index in [1.807, 2.05) is 48.5 Å². The van der Waals surface area contributed by atoms with Gasteiger partial charge in [-0.1, -0.05) is 30.3 Å². The number of amides is 2. The standard InChI is InChI=1S/C20H22N2O4/c1-14-20(24)22(16-8-4-6-10-18(16)26-14)12-11-19(23)21-13-15-7-3-5-9-17(15)25-2/h3-10,14H,11-13H2,1-2H3,(H,21,23)/t14-/m0/s1. The minimum absolute atomic E-state index is 0.125. The van der Waals surface area contributed by atoms with E-state index >= 15 is 0 Å². The van der Waals surface area contributed by atoms with Gasteiger partial charge in [-0.25, -0.2) is 0 Å². The smallest absolute Gasteiger partial charge is 0.267 e. The Labute approximate surface area is 152 Å². The zero-order valence-electron chi connectivity index (χ0n) is 14.9. The van der Waals surface area contributed by atoms with Gasteiger partial charge in [0.25, 0.3) is 5.91 Å². The van der Waals surface area contributed by atoms with E-state index in [4.69, 9.17) is 9.47 Å². The molecular weight excluding hydrogens is 332 g/mol. The van der Waals surface area contributed by atoms with Crippen LogP contribution in [-0.2, 0) is 16.1 Å². The minimum Gasteiger partial charge on any atom is -0.496 e. The van der Waals surface area contributed by atoms with Crippen LogP contribution in [0.15, 0.2) is 48.5 Å². The lowest BCUT2D eigenvalue weighted by atomic mass is 10.1. The van der Waals surface area contributed by atoms with Gasteiger partial charge in [-0.3, -0.25) is 9.59 Å². The quantitative estimate of drug-likeness (QED) is 0.866. The summed E-state index contributed by atoms with van der Waals surface area (Å²) in [6.07, 6.45) is -0.344. The van der Waals surface area contributed by atoms with Crippen molar-refractivity contribution in [2.75, 3.05) is 18.6 Å². The highest BCUT2D eigenvalue weighted by molar-refractivity contribution is 6.00. The number of anilines is 1. The Morgan fingerprint density at radius 1 is 1.19 bits per heavy atom. The van der Waals surface area contributed by atoms with E-state index in [1.54, 1.807) is 18.9 Å². The van der Waals surface area contributed by atoms with Crippen LogP contribution in [0.5, 0.6) is 11.5 Å². The largest absolute Gasteiger partial charge is 0.496 e. The number of hydrogen-bond donors (Lipinski definition) is 1. The first-order chi connectivity index (χ1) is 12.6. The van der Waals surface area contributed by atoms with E-state index in [2.05, 4.69) is 5.32 Å². The fourth-order valence-electron chi connectivity index (χ4n) is 2.93. The molecule has 3 rings (SSSR count). The van der Waals surface area contributed by atoms with Crippen LogP contribution in [0, 0.1) is 0 Å². The summed E-state index contributed by atoms with van der Waals surface area (Å²) in [7, 11) is 1.60. The molecule has 0 saturated carbocycles. The molecule has 0 unspecified atom stereocenters. The predicted octanol–water partition coefficient (Wildman–Crippen LogP) is 2.52. The first-order valence-corrected chi connectivity index (χ1v) is 8.56. The number of hydrogen-bond acceptors (Lipinski definition) is 4. The molecule has 2 amide bonds. The summed E-state index contributed by atoms with van der Waals surface area (Å²) >= 11 is 0. The zero-order valence-corrected chi connectivity index (χ0v) is 14.9. The van der Waals surface area contributed by atoms with Gasteiger partial charge in [-0.05, 0) is 25.1 Å². The minimum atomic E-state index is -0.554. The highest BCUT2D eigenvalue weighted by Crippen LogP contribution is 2.33. The van der Waals surface area contributed by atoms with Gasteiger partial charge in [-0.15, -0.1) is 0 Å². The maximum atomic E-state index is 12.4. The number of nitrogens with one attached hydrogen (secondary N) is 1. The summed E-state index contributed by atoms with van der Waals surface area (Å²) in [5.41, 5.74) is 1.61. The summed E-state index contributed by atoms with van der Waals surface area (Å²) < 4.78 is 10.9. The van der Waals surface area contributed by atoms with Crippen LogP contribution in [0.4, 0.5) is 5.69 Å². The molecule has 0 radical (unpaired) electrons. The fraction of sp³-hybridized carbons (Fsp3) is 0.300. The van der Waals surface area contributed by atoms with E-state index in [1.165, 1.54) is 0 Å². The van der Waals surface area contributed by atoms with E-state index in [0.717, 1.165) is 11.3 Å². The highest BCUT2D eigenvalue weighted by Gasteiger charge is 2.31. The molecule has 0 fully saturated rings. The molecule has 2 aromatic carbocycles. The van der Waals surface area contributed by atoms with Crippen molar-refractivity contribution in [3.8, 4) is 11.5 Å². The maximum absolute atomic E-state index is 12.4. The number of para-hydroxylation sites is 3. The molecule has 1 heterocycles. The van der Waals surface area contributed by atoms with Crippen LogP contribution in [0.25, 0.3) is 0 Å². The SMILES string of the molecule is COc1ccccc1CNC(=O)CCN1C(=O)[C@H](C)Oc2ccccc21. The van der Waals surface area contributed by atoms with Gasteiger partial charge >= 0.3 is 0 Å². The van der Waals surface area contributed by atoms with Gasteiger partial charge in [0.15, 0.2) is 6.10 Å². The second-order valence-corrected chi connectivity index (χ2v) is 6.06. The van der Waals surface area contributed by atoms with Gasteiger partial charge in [0.05, 0.1) is 12.8 Å². The molecular formula is C20H22N2O4. The summed E-state index contributed by atoms with van der Waals surface area (Å²) in [5.74, 6) is 1.13. The predicted molar refractivity (Wildman–Crippen MR) is 98.3 cm³/mol. The molecule has 6 nitrogen and oxygen atoms in total. The van der Waals surface area contributed by atoms with Crippen molar-refractivity contribution in [3.05, 3.63) is 54.1 Å². The highest BCUT2D eigenvalue weighted by atomic mass is 16.5. The summed E-state index contributed by atoms with van der Waals surface area (Å²) in [5, 5.41) is 2.88. The molecule has 1 aliphatic rings. The number of nitrogens with zero attached hydrogens (tertiary/aromatic N) is 1. The maximum Gasteiger partial charge on any atom is 0.267 e. The van der Waals surface area contributed by atoms with Crippen molar-refractivity contribution in [3.63, 3.8) is 0 Å². The average Bonchev–Trinajstić information content (AvgIpc) is 2.67. The molecule has 0 aromatic heterocycles. The Hall–Kier alpha value is -3.02. The number of rotatable bonds is 6. The summed E-state index contributed by atoms with van der Waals surface area (Å²) in [6.45, 7) is 2.40. The molecule has 2 aromatic rings. The Bertz CT molecular complexity index is 806. The number of fused-ring (bicyclic) bond motifs is 1. The lowest BCUT2D eigenvalue weighted by molar-refractivity contribution is -0.125. The molecule has 1 aliphatic heterocycles. The summed E-state index contributed by atoms with van der Waals surface area (Å²) in [4.78, 5) is 26.3. The number of carbonyl (C=O) groups is 2. The van der Waals surface area contributed by atoms with E-state index in [-0.39, 0.29) is 18.2 Å². The molecule has 0 saturated heterocycles. The number of methoxy groups -OCH3 is 1. The Morgan fingerprint density at radius 2 is 1.92 bits per heavy atom. The lowest BCUT2D eigenvalue weighted by Crippen LogP contribution is -2.45.